The maximum Gasteiger partial charge on any atom is 0.338 e. The maximum absolute atomic E-state index is 10.7. The lowest BCUT2D eigenvalue weighted by atomic mass is 10.3. The maximum atomic E-state index is 10.7. The quantitative estimate of drug-likeness (QED) is 0.788. The van der Waals surface area contributed by atoms with Gasteiger partial charge in [-0.25, -0.2) is 14.8 Å². The van der Waals surface area contributed by atoms with Gasteiger partial charge in [0, 0.05) is 32.1 Å². The molecule has 6 heteroatoms. The zero-order valence-corrected chi connectivity index (χ0v) is 9.67. The second-order valence-electron chi connectivity index (χ2n) is 3.99. The predicted molar refractivity (Wildman–Crippen MR) is 61.2 cm³/mol. The minimum Gasteiger partial charge on any atom is -0.478 e. The lowest BCUT2D eigenvalue weighted by molar-refractivity contribution is 0.0696. The third-order valence-corrected chi connectivity index (χ3v) is 2.67. The Kier molecular flexibility index (Phi) is 3.53. The molecule has 1 saturated carbocycles. The van der Waals surface area contributed by atoms with Crippen LogP contribution < -0.4 is 4.90 Å². The Hall–Kier alpha value is -1.69. The van der Waals surface area contributed by atoms with Crippen molar-refractivity contribution in [2.45, 2.75) is 18.9 Å². The van der Waals surface area contributed by atoms with Gasteiger partial charge in [0.05, 0.1) is 12.2 Å². The summed E-state index contributed by atoms with van der Waals surface area (Å²) in [6.45, 7) is 1.34. The van der Waals surface area contributed by atoms with Crippen LogP contribution in [0.2, 0.25) is 0 Å². The van der Waals surface area contributed by atoms with Gasteiger partial charge in [0.15, 0.2) is 0 Å². The van der Waals surface area contributed by atoms with Crippen LogP contribution in [0.4, 0.5) is 5.95 Å². The van der Waals surface area contributed by atoms with Gasteiger partial charge in [-0.15, -0.1) is 0 Å². The third-order valence-electron chi connectivity index (χ3n) is 2.67. The van der Waals surface area contributed by atoms with E-state index in [4.69, 9.17) is 9.84 Å². The molecule has 0 unspecified atom stereocenters. The first kappa shape index (κ1) is 11.8. The summed E-state index contributed by atoms with van der Waals surface area (Å²) in [6.07, 6.45) is 4.95. The number of hydrogen-bond donors (Lipinski definition) is 1. The summed E-state index contributed by atoms with van der Waals surface area (Å²) in [6, 6.07) is 0.473. The first-order valence-electron chi connectivity index (χ1n) is 5.53. The van der Waals surface area contributed by atoms with Crippen LogP contribution in [-0.2, 0) is 4.74 Å². The fraction of sp³-hybridized carbons (Fsp3) is 0.545. The minimum absolute atomic E-state index is 0.108. The Morgan fingerprint density at radius 3 is 2.65 bits per heavy atom. The molecule has 0 spiro atoms. The second-order valence-corrected chi connectivity index (χ2v) is 3.99. The van der Waals surface area contributed by atoms with Crippen molar-refractivity contribution in [2.24, 2.45) is 0 Å². The molecule has 0 atom stereocenters. The van der Waals surface area contributed by atoms with Crippen LogP contribution in [0.25, 0.3) is 0 Å². The number of carboxylic acids is 1. The Morgan fingerprint density at radius 1 is 1.53 bits per heavy atom. The van der Waals surface area contributed by atoms with Gasteiger partial charge < -0.3 is 14.7 Å². The molecule has 6 nitrogen and oxygen atoms in total. The van der Waals surface area contributed by atoms with Crippen molar-refractivity contribution < 1.29 is 14.6 Å². The van der Waals surface area contributed by atoms with Crippen molar-refractivity contribution in [1.29, 1.82) is 0 Å². The van der Waals surface area contributed by atoms with Gasteiger partial charge in [0.25, 0.3) is 0 Å². The van der Waals surface area contributed by atoms with E-state index in [1.165, 1.54) is 12.4 Å². The van der Waals surface area contributed by atoms with Gasteiger partial charge >= 0.3 is 5.97 Å². The van der Waals surface area contributed by atoms with Crippen molar-refractivity contribution >= 4 is 11.9 Å². The van der Waals surface area contributed by atoms with E-state index in [0.29, 0.717) is 18.6 Å². The van der Waals surface area contributed by atoms with E-state index in [9.17, 15) is 4.79 Å². The van der Waals surface area contributed by atoms with E-state index in [2.05, 4.69) is 14.9 Å². The van der Waals surface area contributed by atoms with Gasteiger partial charge in [-0.3, -0.25) is 0 Å². The number of anilines is 1. The van der Waals surface area contributed by atoms with E-state index in [0.717, 1.165) is 19.4 Å². The van der Waals surface area contributed by atoms with Gasteiger partial charge in [0.2, 0.25) is 5.95 Å². The second kappa shape index (κ2) is 5.09. The molecule has 2 rings (SSSR count). The Labute approximate surface area is 99.2 Å². The van der Waals surface area contributed by atoms with Crippen LogP contribution in [0.15, 0.2) is 12.4 Å². The Morgan fingerprint density at radius 2 is 2.18 bits per heavy atom. The number of nitrogens with zero attached hydrogens (tertiary/aromatic N) is 3. The summed E-state index contributed by atoms with van der Waals surface area (Å²) in [5.74, 6) is -0.430. The molecule has 1 aromatic heterocycles. The topological polar surface area (TPSA) is 75.5 Å². The SMILES string of the molecule is COCCN(c1ncc(C(=O)O)cn1)C1CC1. The zero-order chi connectivity index (χ0) is 12.3. The number of carboxylic acid groups (broad SMARTS) is 1. The molecule has 1 aromatic rings. The summed E-state index contributed by atoms with van der Waals surface area (Å²) in [7, 11) is 1.65. The van der Waals surface area contributed by atoms with E-state index >= 15 is 0 Å². The van der Waals surface area contributed by atoms with E-state index in [1.807, 2.05) is 0 Å². The highest BCUT2D eigenvalue weighted by molar-refractivity contribution is 5.86. The van der Waals surface area contributed by atoms with Gasteiger partial charge in [0.1, 0.15) is 0 Å². The van der Waals surface area contributed by atoms with Crippen LogP contribution in [0.1, 0.15) is 23.2 Å². The molecule has 1 aliphatic carbocycles. The number of aromatic nitrogens is 2. The molecular weight excluding hydrogens is 222 g/mol. The molecule has 0 bridgehead atoms. The lowest BCUT2D eigenvalue weighted by Gasteiger charge is -2.21. The summed E-state index contributed by atoms with van der Waals surface area (Å²) in [5.41, 5.74) is 0.108. The van der Waals surface area contributed by atoms with E-state index in [1.54, 1.807) is 7.11 Å². The zero-order valence-electron chi connectivity index (χ0n) is 9.67. The largest absolute Gasteiger partial charge is 0.478 e. The fourth-order valence-electron chi connectivity index (χ4n) is 1.60. The van der Waals surface area contributed by atoms with Crippen molar-refractivity contribution in [1.82, 2.24) is 9.97 Å². The molecule has 92 valence electrons. The summed E-state index contributed by atoms with van der Waals surface area (Å²) in [5, 5.41) is 8.76. The summed E-state index contributed by atoms with van der Waals surface area (Å²) >= 11 is 0. The van der Waals surface area contributed by atoms with E-state index in [-0.39, 0.29) is 5.56 Å². The molecule has 1 fully saturated rings. The van der Waals surface area contributed by atoms with Crippen LogP contribution in [0.3, 0.4) is 0 Å². The molecule has 1 aliphatic rings. The first-order valence-corrected chi connectivity index (χ1v) is 5.53. The molecule has 0 aromatic carbocycles. The number of hydrogen-bond acceptors (Lipinski definition) is 5. The van der Waals surface area contributed by atoms with Gasteiger partial charge in [-0.2, -0.15) is 0 Å². The monoisotopic (exact) mass is 237 g/mol. The van der Waals surface area contributed by atoms with Crippen molar-refractivity contribution in [3.05, 3.63) is 18.0 Å². The van der Waals surface area contributed by atoms with Gasteiger partial charge in [-0.1, -0.05) is 0 Å². The smallest absolute Gasteiger partial charge is 0.338 e. The van der Waals surface area contributed by atoms with Crippen LogP contribution in [-0.4, -0.2) is 47.3 Å². The highest BCUT2D eigenvalue weighted by atomic mass is 16.5. The molecule has 1 N–H and O–H groups in total. The fourth-order valence-corrected chi connectivity index (χ4v) is 1.60. The van der Waals surface area contributed by atoms with Crippen LogP contribution in [0, 0.1) is 0 Å². The average molecular weight is 237 g/mol. The molecule has 0 aliphatic heterocycles. The standard InChI is InChI=1S/C11H15N3O3/c1-17-5-4-14(9-2-3-9)11-12-6-8(7-13-11)10(15)16/h6-7,9H,2-5H2,1H3,(H,15,16). The van der Waals surface area contributed by atoms with Crippen molar-refractivity contribution in [3.8, 4) is 0 Å². The van der Waals surface area contributed by atoms with Crippen molar-refractivity contribution in [3.63, 3.8) is 0 Å². The molecule has 1 heterocycles. The number of ether oxygens (including phenoxy) is 1. The lowest BCUT2D eigenvalue weighted by Crippen LogP contribution is -2.31. The van der Waals surface area contributed by atoms with Gasteiger partial charge in [-0.05, 0) is 12.8 Å². The normalized spacial score (nSPS) is 14.6. The molecule has 0 amide bonds. The molecule has 17 heavy (non-hydrogen) atoms. The average Bonchev–Trinajstić information content (AvgIpc) is 3.14. The summed E-state index contributed by atoms with van der Waals surface area (Å²) < 4.78 is 5.04. The van der Waals surface area contributed by atoms with E-state index < -0.39 is 5.97 Å². The first-order chi connectivity index (χ1) is 8.22. The number of aromatic carboxylic acids is 1. The number of methoxy groups -OCH3 is 1. The number of rotatable bonds is 6. The highest BCUT2D eigenvalue weighted by Crippen LogP contribution is 2.29. The molecule has 0 saturated heterocycles. The Balaban J connectivity index is 2.09. The minimum atomic E-state index is -1.01. The van der Waals surface area contributed by atoms with Crippen LogP contribution >= 0.6 is 0 Å². The highest BCUT2D eigenvalue weighted by Gasteiger charge is 2.30. The van der Waals surface area contributed by atoms with Crippen LogP contribution in [0.5, 0.6) is 0 Å². The number of carbonyl (C=O) groups is 1. The predicted octanol–water partition coefficient (Wildman–Crippen LogP) is 0.790. The third kappa shape index (κ3) is 2.91. The Bertz CT molecular complexity index is 389. The molecular formula is C11H15N3O3. The summed E-state index contributed by atoms with van der Waals surface area (Å²) in [4.78, 5) is 20.9. The van der Waals surface area contributed by atoms with Crippen molar-refractivity contribution in [2.75, 3.05) is 25.2 Å². The molecule has 0 radical (unpaired) electrons.